The largest absolute Gasteiger partial charge is 0.338 e. The van der Waals surface area contributed by atoms with E-state index in [0.717, 1.165) is 13.1 Å². The minimum absolute atomic E-state index is 0.117. The molecule has 2 heterocycles. The van der Waals surface area contributed by atoms with Crippen LogP contribution in [-0.2, 0) is 0 Å². The van der Waals surface area contributed by atoms with Crippen LogP contribution in [0.4, 0.5) is 0 Å². The zero-order valence-corrected chi connectivity index (χ0v) is 9.89. The number of aromatic nitrogens is 1. The van der Waals surface area contributed by atoms with Crippen LogP contribution in [0.5, 0.6) is 0 Å². The second kappa shape index (κ2) is 4.64. The average molecular weight is 218 g/mol. The first-order valence-electron chi connectivity index (χ1n) is 5.86. The molecular formula is C13H18N2O. The van der Waals surface area contributed by atoms with Gasteiger partial charge in [0.05, 0.1) is 5.56 Å². The van der Waals surface area contributed by atoms with E-state index in [4.69, 9.17) is 0 Å². The van der Waals surface area contributed by atoms with Crippen molar-refractivity contribution in [3.8, 4) is 0 Å². The van der Waals surface area contributed by atoms with Gasteiger partial charge in [0.2, 0.25) is 0 Å². The Balaban J connectivity index is 2.10. The van der Waals surface area contributed by atoms with Gasteiger partial charge >= 0.3 is 0 Å². The first-order chi connectivity index (χ1) is 7.66. The zero-order valence-electron chi connectivity index (χ0n) is 9.89. The lowest BCUT2D eigenvalue weighted by Gasteiger charge is -2.35. The molecule has 1 aliphatic heterocycles. The minimum Gasteiger partial charge on any atom is -0.338 e. The molecule has 1 aromatic rings. The molecule has 0 saturated carbocycles. The molecule has 2 unspecified atom stereocenters. The van der Waals surface area contributed by atoms with Gasteiger partial charge in [-0.3, -0.25) is 9.78 Å². The molecule has 16 heavy (non-hydrogen) atoms. The van der Waals surface area contributed by atoms with Crippen molar-refractivity contribution in [1.29, 1.82) is 0 Å². The van der Waals surface area contributed by atoms with E-state index in [0.29, 0.717) is 17.4 Å². The number of amides is 1. The van der Waals surface area contributed by atoms with E-state index in [9.17, 15) is 4.79 Å². The molecule has 0 N–H and O–H groups in total. The van der Waals surface area contributed by atoms with Crippen molar-refractivity contribution in [2.45, 2.75) is 20.3 Å². The van der Waals surface area contributed by atoms with Gasteiger partial charge in [-0.1, -0.05) is 13.8 Å². The second-order valence-electron chi connectivity index (χ2n) is 4.90. The predicted octanol–water partition coefficient (Wildman–Crippen LogP) is 2.20. The summed E-state index contributed by atoms with van der Waals surface area (Å²) in [5, 5.41) is 0. The van der Waals surface area contributed by atoms with Gasteiger partial charge in [0.15, 0.2) is 0 Å². The van der Waals surface area contributed by atoms with Crippen LogP contribution >= 0.6 is 0 Å². The van der Waals surface area contributed by atoms with Crippen molar-refractivity contribution in [2.75, 3.05) is 13.1 Å². The van der Waals surface area contributed by atoms with E-state index in [1.165, 1.54) is 6.42 Å². The number of rotatable bonds is 1. The first kappa shape index (κ1) is 11.1. The molecule has 3 nitrogen and oxygen atoms in total. The first-order valence-corrected chi connectivity index (χ1v) is 5.86. The summed E-state index contributed by atoms with van der Waals surface area (Å²) in [5.74, 6) is 1.32. The maximum absolute atomic E-state index is 12.2. The number of carbonyl (C=O) groups excluding carboxylic acids is 1. The smallest absolute Gasteiger partial charge is 0.255 e. The van der Waals surface area contributed by atoms with E-state index in [1.807, 2.05) is 17.0 Å². The highest BCUT2D eigenvalue weighted by Crippen LogP contribution is 2.22. The van der Waals surface area contributed by atoms with E-state index >= 15 is 0 Å². The molecule has 0 aliphatic carbocycles. The summed E-state index contributed by atoms with van der Waals surface area (Å²) < 4.78 is 0. The summed E-state index contributed by atoms with van der Waals surface area (Å²) >= 11 is 0. The van der Waals surface area contributed by atoms with Gasteiger partial charge < -0.3 is 4.90 Å². The van der Waals surface area contributed by atoms with Crippen LogP contribution in [0.25, 0.3) is 0 Å². The fourth-order valence-electron chi connectivity index (χ4n) is 2.50. The van der Waals surface area contributed by atoms with Crippen molar-refractivity contribution < 1.29 is 4.79 Å². The number of carbonyl (C=O) groups is 1. The average Bonchev–Trinajstić information content (AvgIpc) is 2.28. The van der Waals surface area contributed by atoms with E-state index in [1.54, 1.807) is 12.4 Å². The number of pyridine rings is 1. The van der Waals surface area contributed by atoms with E-state index in [2.05, 4.69) is 18.8 Å². The zero-order chi connectivity index (χ0) is 11.5. The van der Waals surface area contributed by atoms with Crippen molar-refractivity contribution >= 4 is 5.91 Å². The molecule has 0 bridgehead atoms. The summed E-state index contributed by atoms with van der Waals surface area (Å²) in [4.78, 5) is 18.1. The van der Waals surface area contributed by atoms with Crippen LogP contribution in [0.2, 0.25) is 0 Å². The lowest BCUT2D eigenvalue weighted by atomic mass is 9.91. The molecule has 1 fully saturated rings. The third-order valence-corrected chi connectivity index (χ3v) is 3.06. The Kier molecular flexibility index (Phi) is 3.22. The van der Waals surface area contributed by atoms with Gasteiger partial charge in [-0.15, -0.1) is 0 Å². The molecule has 2 rings (SSSR count). The Morgan fingerprint density at radius 3 is 2.62 bits per heavy atom. The maximum Gasteiger partial charge on any atom is 0.255 e. The molecule has 0 aromatic carbocycles. The van der Waals surface area contributed by atoms with Crippen LogP contribution in [0.15, 0.2) is 24.5 Å². The van der Waals surface area contributed by atoms with Crippen molar-refractivity contribution in [3.05, 3.63) is 30.1 Å². The van der Waals surface area contributed by atoms with Gasteiger partial charge in [-0.25, -0.2) is 0 Å². The van der Waals surface area contributed by atoms with Crippen LogP contribution in [0, 0.1) is 11.8 Å². The van der Waals surface area contributed by atoms with Crippen LogP contribution < -0.4 is 0 Å². The number of hydrogen-bond donors (Lipinski definition) is 0. The van der Waals surface area contributed by atoms with Crippen molar-refractivity contribution in [2.24, 2.45) is 11.8 Å². The van der Waals surface area contributed by atoms with Gasteiger partial charge in [-0.05, 0) is 30.4 Å². The lowest BCUT2D eigenvalue weighted by Crippen LogP contribution is -2.42. The lowest BCUT2D eigenvalue weighted by molar-refractivity contribution is 0.0622. The van der Waals surface area contributed by atoms with Crippen LogP contribution in [-0.4, -0.2) is 28.9 Å². The molecule has 2 atom stereocenters. The van der Waals surface area contributed by atoms with Gasteiger partial charge in [0, 0.05) is 25.5 Å². The van der Waals surface area contributed by atoms with Crippen molar-refractivity contribution in [1.82, 2.24) is 9.88 Å². The molecule has 1 aliphatic rings. The minimum atomic E-state index is 0.117. The Labute approximate surface area is 96.5 Å². The predicted molar refractivity (Wildman–Crippen MR) is 63.1 cm³/mol. The Bertz CT molecular complexity index is 353. The molecule has 1 amide bonds. The standard InChI is InChI=1S/C13H18N2O/c1-10-6-11(2)9-15(8-10)13(16)12-4-3-5-14-7-12/h3-5,7,10-11H,6,8-9H2,1-2H3. The highest BCUT2D eigenvalue weighted by atomic mass is 16.2. The summed E-state index contributed by atoms with van der Waals surface area (Å²) in [6.07, 6.45) is 4.56. The van der Waals surface area contributed by atoms with E-state index < -0.39 is 0 Å². The van der Waals surface area contributed by atoms with Gasteiger partial charge in [0.1, 0.15) is 0 Å². The summed E-state index contributed by atoms with van der Waals surface area (Å²) in [5.41, 5.74) is 0.698. The van der Waals surface area contributed by atoms with Crippen LogP contribution in [0.3, 0.4) is 0 Å². The quantitative estimate of drug-likeness (QED) is 0.724. The molecule has 1 aromatic heterocycles. The molecule has 1 saturated heterocycles. The van der Waals surface area contributed by atoms with Gasteiger partial charge in [-0.2, -0.15) is 0 Å². The fourth-order valence-corrected chi connectivity index (χ4v) is 2.50. The third kappa shape index (κ3) is 2.40. The molecule has 3 heteroatoms. The normalized spacial score (nSPS) is 25.5. The highest BCUT2D eigenvalue weighted by molar-refractivity contribution is 5.93. The summed E-state index contributed by atoms with van der Waals surface area (Å²) in [7, 11) is 0. The van der Waals surface area contributed by atoms with Crippen molar-refractivity contribution in [3.63, 3.8) is 0 Å². The fraction of sp³-hybridized carbons (Fsp3) is 0.538. The molecule has 0 radical (unpaired) electrons. The Morgan fingerprint density at radius 2 is 2.06 bits per heavy atom. The number of piperidine rings is 1. The van der Waals surface area contributed by atoms with E-state index in [-0.39, 0.29) is 5.91 Å². The number of nitrogens with zero attached hydrogens (tertiary/aromatic N) is 2. The molecular weight excluding hydrogens is 200 g/mol. The SMILES string of the molecule is CC1CC(C)CN(C(=O)c2cccnc2)C1. The topological polar surface area (TPSA) is 33.2 Å². The second-order valence-corrected chi connectivity index (χ2v) is 4.90. The molecule has 86 valence electrons. The molecule has 0 spiro atoms. The summed E-state index contributed by atoms with van der Waals surface area (Å²) in [6.45, 7) is 6.16. The summed E-state index contributed by atoms with van der Waals surface area (Å²) in [6, 6.07) is 3.64. The van der Waals surface area contributed by atoms with Crippen LogP contribution in [0.1, 0.15) is 30.6 Å². The number of likely N-dealkylation sites (tertiary alicyclic amines) is 1. The Hall–Kier alpha value is -1.38. The third-order valence-electron chi connectivity index (χ3n) is 3.06. The Morgan fingerprint density at radius 1 is 1.38 bits per heavy atom. The maximum atomic E-state index is 12.2. The number of hydrogen-bond acceptors (Lipinski definition) is 2. The highest BCUT2D eigenvalue weighted by Gasteiger charge is 2.25. The van der Waals surface area contributed by atoms with Gasteiger partial charge in [0.25, 0.3) is 5.91 Å². The monoisotopic (exact) mass is 218 g/mol.